The Hall–Kier alpha value is -2.76. The van der Waals surface area contributed by atoms with Gasteiger partial charge >= 0.3 is 0 Å². The molecule has 0 aliphatic heterocycles. The maximum atomic E-state index is 6.18. The topological polar surface area (TPSA) is 54.8 Å². The molecule has 2 heterocycles. The van der Waals surface area contributed by atoms with Crippen molar-refractivity contribution >= 4 is 40.1 Å². The van der Waals surface area contributed by atoms with Crippen LogP contribution in [0, 0.1) is 0 Å². The van der Waals surface area contributed by atoms with E-state index in [2.05, 4.69) is 49.1 Å². The van der Waals surface area contributed by atoms with E-state index in [0.29, 0.717) is 29.9 Å². The first-order valence-corrected chi connectivity index (χ1v) is 9.13. The van der Waals surface area contributed by atoms with Crippen molar-refractivity contribution in [3.05, 3.63) is 88.6 Å². The van der Waals surface area contributed by atoms with Crippen LogP contribution in [0.2, 0.25) is 10.6 Å². The van der Waals surface area contributed by atoms with E-state index in [4.69, 9.17) is 23.2 Å². The molecule has 0 fully saturated rings. The standard InChI is InChI=1S/C20H15Cl2N5/c21-19-23-11-16-17(25-19)18(26-20(22)24-16)27(12-14-7-3-1-4-8-14)13-15-9-5-2-6-10-15/h1-11H,12-13H2. The Labute approximate surface area is 166 Å². The molecule has 0 aliphatic rings. The Morgan fingerprint density at radius 1 is 0.704 bits per heavy atom. The summed E-state index contributed by atoms with van der Waals surface area (Å²) in [6.07, 6.45) is 1.56. The predicted octanol–water partition coefficient (Wildman–Crippen LogP) is 4.93. The lowest BCUT2D eigenvalue weighted by molar-refractivity contribution is 0.784. The van der Waals surface area contributed by atoms with E-state index in [1.807, 2.05) is 36.4 Å². The number of nitrogens with zero attached hydrogens (tertiary/aromatic N) is 5. The van der Waals surface area contributed by atoms with Crippen LogP contribution < -0.4 is 4.90 Å². The van der Waals surface area contributed by atoms with Crippen molar-refractivity contribution in [2.75, 3.05) is 4.90 Å². The molecule has 5 nitrogen and oxygen atoms in total. The highest BCUT2D eigenvalue weighted by molar-refractivity contribution is 6.29. The number of rotatable bonds is 5. The van der Waals surface area contributed by atoms with Crippen molar-refractivity contribution in [3.8, 4) is 0 Å². The van der Waals surface area contributed by atoms with Gasteiger partial charge in [0.1, 0.15) is 11.0 Å². The molecule has 0 radical (unpaired) electrons. The molecule has 0 amide bonds. The quantitative estimate of drug-likeness (QED) is 0.448. The number of benzene rings is 2. The van der Waals surface area contributed by atoms with Crippen molar-refractivity contribution < 1.29 is 0 Å². The summed E-state index contributed by atoms with van der Waals surface area (Å²) >= 11 is 12.2. The second-order valence-electron chi connectivity index (χ2n) is 6.02. The molecule has 0 unspecified atom stereocenters. The van der Waals surface area contributed by atoms with Crippen LogP contribution in [0.4, 0.5) is 5.82 Å². The first-order chi connectivity index (χ1) is 13.2. The third kappa shape index (κ3) is 4.15. The fraction of sp³-hybridized carbons (Fsp3) is 0.100. The number of anilines is 1. The van der Waals surface area contributed by atoms with Gasteiger partial charge in [-0.05, 0) is 34.3 Å². The van der Waals surface area contributed by atoms with Gasteiger partial charge < -0.3 is 4.90 Å². The molecule has 4 aromatic rings. The van der Waals surface area contributed by atoms with Gasteiger partial charge in [0.05, 0.1) is 6.20 Å². The Morgan fingerprint density at radius 3 is 1.89 bits per heavy atom. The third-order valence-corrected chi connectivity index (χ3v) is 4.45. The smallest absolute Gasteiger partial charge is 0.225 e. The lowest BCUT2D eigenvalue weighted by atomic mass is 10.1. The van der Waals surface area contributed by atoms with Crippen molar-refractivity contribution in [3.63, 3.8) is 0 Å². The van der Waals surface area contributed by atoms with E-state index in [0.717, 1.165) is 11.1 Å². The van der Waals surface area contributed by atoms with Crippen LogP contribution in [0.15, 0.2) is 66.9 Å². The van der Waals surface area contributed by atoms with Gasteiger partial charge in [-0.1, -0.05) is 60.7 Å². The first kappa shape index (κ1) is 17.6. The lowest BCUT2D eigenvalue weighted by Gasteiger charge is -2.25. The van der Waals surface area contributed by atoms with E-state index in [1.165, 1.54) is 0 Å². The van der Waals surface area contributed by atoms with Gasteiger partial charge in [-0.2, -0.15) is 4.98 Å². The highest BCUT2D eigenvalue weighted by Gasteiger charge is 2.17. The fourth-order valence-corrected chi connectivity index (χ4v) is 3.20. The van der Waals surface area contributed by atoms with Gasteiger partial charge in [-0.15, -0.1) is 0 Å². The summed E-state index contributed by atoms with van der Waals surface area (Å²) in [5.41, 5.74) is 3.43. The van der Waals surface area contributed by atoms with E-state index in [1.54, 1.807) is 6.20 Å². The molecule has 134 valence electrons. The van der Waals surface area contributed by atoms with Gasteiger partial charge in [0.25, 0.3) is 0 Å². The number of hydrogen-bond donors (Lipinski definition) is 0. The van der Waals surface area contributed by atoms with E-state index >= 15 is 0 Å². The van der Waals surface area contributed by atoms with Gasteiger partial charge in [0.15, 0.2) is 5.82 Å². The van der Waals surface area contributed by atoms with Crippen LogP contribution in [0.25, 0.3) is 11.0 Å². The van der Waals surface area contributed by atoms with E-state index in [-0.39, 0.29) is 10.6 Å². The Balaban J connectivity index is 1.82. The number of fused-ring (bicyclic) bond motifs is 1. The molecular formula is C20H15Cl2N5. The average Bonchev–Trinajstić information content (AvgIpc) is 2.69. The highest BCUT2D eigenvalue weighted by Crippen LogP contribution is 2.27. The summed E-state index contributed by atoms with van der Waals surface area (Å²) in [6, 6.07) is 20.3. The summed E-state index contributed by atoms with van der Waals surface area (Å²) in [6.45, 7) is 1.28. The Morgan fingerprint density at radius 2 is 1.30 bits per heavy atom. The highest BCUT2D eigenvalue weighted by atomic mass is 35.5. The van der Waals surface area contributed by atoms with Crippen molar-refractivity contribution in [1.82, 2.24) is 19.9 Å². The van der Waals surface area contributed by atoms with Crippen molar-refractivity contribution in [2.24, 2.45) is 0 Å². The minimum Gasteiger partial charge on any atom is -0.346 e. The molecule has 0 atom stereocenters. The SMILES string of the molecule is Clc1nc(N(Cc2ccccc2)Cc2ccccc2)c2nc(Cl)ncc2n1. The van der Waals surface area contributed by atoms with Crippen LogP contribution >= 0.6 is 23.2 Å². The van der Waals surface area contributed by atoms with Gasteiger partial charge in [-0.25, -0.2) is 15.0 Å². The number of hydrogen-bond acceptors (Lipinski definition) is 5. The fourth-order valence-electron chi connectivity index (χ4n) is 2.90. The number of halogens is 2. The predicted molar refractivity (Wildman–Crippen MR) is 108 cm³/mol. The average molecular weight is 396 g/mol. The van der Waals surface area contributed by atoms with E-state index < -0.39 is 0 Å². The molecule has 0 saturated heterocycles. The second-order valence-corrected chi connectivity index (χ2v) is 6.69. The summed E-state index contributed by atoms with van der Waals surface area (Å²) < 4.78 is 0. The zero-order valence-electron chi connectivity index (χ0n) is 14.3. The third-order valence-electron chi connectivity index (χ3n) is 4.09. The largest absolute Gasteiger partial charge is 0.346 e. The zero-order valence-corrected chi connectivity index (χ0v) is 15.8. The van der Waals surface area contributed by atoms with Crippen molar-refractivity contribution in [2.45, 2.75) is 13.1 Å². The van der Waals surface area contributed by atoms with Gasteiger partial charge in [0.2, 0.25) is 10.6 Å². The van der Waals surface area contributed by atoms with Gasteiger partial charge in [0, 0.05) is 13.1 Å². The summed E-state index contributed by atoms with van der Waals surface area (Å²) in [7, 11) is 0. The van der Waals surface area contributed by atoms with Crippen LogP contribution in [0.3, 0.4) is 0 Å². The maximum absolute atomic E-state index is 6.18. The molecule has 2 aromatic heterocycles. The van der Waals surface area contributed by atoms with Gasteiger partial charge in [-0.3, -0.25) is 0 Å². The Kier molecular flexibility index (Phi) is 5.14. The molecule has 4 rings (SSSR count). The van der Waals surface area contributed by atoms with Crippen LogP contribution in [0.1, 0.15) is 11.1 Å². The molecule has 0 N–H and O–H groups in total. The number of aromatic nitrogens is 4. The molecule has 7 heteroatoms. The zero-order chi connectivity index (χ0) is 18.6. The maximum Gasteiger partial charge on any atom is 0.225 e. The Bertz CT molecular complexity index is 1020. The minimum absolute atomic E-state index is 0.147. The van der Waals surface area contributed by atoms with Crippen molar-refractivity contribution in [1.29, 1.82) is 0 Å². The lowest BCUT2D eigenvalue weighted by Crippen LogP contribution is -2.24. The molecule has 27 heavy (non-hydrogen) atoms. The summed E-state index contributed by atoms with van der Waals surface area (Å²) in [5, 5.41) is 0.295. The monoisotopic (exact) mass is 395 g/mol. The molecule has 0 bridgehead atoms. The summed E-state index contributed by atoms with van der Waals surface area (Å²) in [4.78, 5) is 19.2. The first-order valence-electron chi connectivity index (χ1n) is 8.37. The molecule has 2 aromatic carbocycles. The molecule has 0 aliphatic carbocycles. The van der Waals surface area contributed by atoms with Crippen LogP contribution in [-0.2, 0) is 13.1 Å². The van der Waals surface area contributed by atoms with Crippen LogP contribution in [-0.4, -0.2) is 19.9 Å². The minimum atomic E-state index is 0.147. The summed E-state index contributed by atoms with van der Waals surface area (Å²) in [5.74, 6) is 0.627. The molecular weight excluding hydrogens is 381 g/mol. The molecule has 0 saturated carbocycles. The van der Waals surface area contributed by atoms with Crippen LogP contribution in [0.5, 0.6) is 0 Å². The molecule has 0 spiro atoms. The normalized spacial score (nSPS) is 10.9. The second kappa shape index (κ2) is 7.86. The van der Waals surface area contributed by atoms with E-state index in [9.17, 15) is 0 Å².